The van der Waals surface area contributed by atoms with Crippen molar-refractivity contribution in [3.8, 4) is 11.3 Å². The zero-order chi connectivity index (χ0) is 16.9. The van der Waals surface area contributed by atoms with Crippen molar-refractivity contribution in [2.75, 3.05) is 11.2 Å². The number of nitrogens with two attached hydrogens (primary N) is 1. The molecular weight excluding hydrogens is 298 g/mol. The molecule has 0 amide bonds. The van der Waals surface area contributed by atoms with Gasteiger partial charge in [-0.25, -0.2) is 9.97 Å². The van der Waals surface area contributed by atoms with Crippen LogP contribution >= 0.6 is 0 Å². The van der Waals surface area contributed by atoms with Gasteiger partial charge in [0.15, 0.2) is 0 Å². The van der Waals surface area contributed by atoms with Gasteiger partial charge in [0.05, 0.1) is 11.4 Å². The first-order valence-electron chi connectivity index (χ1n) is 7.69. The molecule has 5 heteroatoms. The summed E-state index contributed by atoms with van der Waals surface area (Å²) >= 11 is 0. The second-order valence-corrected chi connectivity index (χ2v) is 5.48. The van der Waals surface area contributed by atoms with Gasteiger partial charge in [0, 0.05) is 17.3 Å². The lowest BCUT2D eigenvalue weighted by Crippen LogP contribution is -2.03. The number of anilines is 2. The van der Waals surface area contributed by atoms with Crippen molar-refractivity contribution in [2.24, 2.45) is 5.10 Å². The molecule has 0 radical (unpaired) electrons. The smallest absolute Gasteiger partial charge is 0.150 e. The van der Waals surface area contributed by atoms with Crippen LogP contribution in [0.3, 0.4) is 0 Å². The minimum absolute atomic E-state index is 0.663. The van der Waals surface area contributed by atoms with Gasteiger partial charge in [0.1, 0.15) is 11.6 Å². The fraction of sp³-hybridized carbons (Fsp3) is 0.105. The van der Waals surface area contributed by atoms with Crippen molar-refractivity contribution in [1.29, 1.82) is 0 Å². The van der Waals surface area contributed by atoms with Crippen LogP contribution in [0.5, 0.6) is 0 Å². The van der Waals surface area contributed by atoms with Crippen molar-refractivity contribution in [3.63, 3.8) is 0 Å². The summed E-state index contributed by atoms with van der Waals surface area (Å²) in [6, 6.07) is 19.5. The maximum Gasteiger partial charge on any atom is 0.150 e. The minimum Gasteiger partial charge on any atom is -0.399 e. The molecule has 3 aromatic rings. The number of nitrogens with zero attached hydrogens (tertiary/aromatic N) is 3. The van der Waals surface area contributed by atoms with Gasteiger partial charge < -0.3 is 5.73 Å². The van der Waals surface area contributed by atoms with E-state index in [0.717, 1.165) is 28.2 Å². The van der Waals surface area contributed by atoms with E-state index in [0.29, 0.717) is 11.6 Å². The van der Waals surface area contributed by atoms with Gasteiger partial charge in [0.2, 0.25) is 0 Å². The third-order valence-corrected chi connectivity index (χ3v) is 3.57. The maximum absolute atomic E-state index is 5.71. The average molecular weight is 317 g/mol. The lowest BCUT2D eigenvalue weighted by Gasteiger charge is -2.07. The number of benzene rings is 2. The SMILES string of the molecule is CC(=NNc1cc(-c2ccccc2)nc(C)n1)c1ccc(N)cc1. The minimum atomic E-state index is 0.663. The molecule has 0 unspecified atom stereocenters. The summed E-state index contributed by atoms with van der Waals surface area (Å²) in [6.07, 6.45) is 0. The second kappa shape index (κ2) is 6.91. The van der Waals surface area contributed by atoms with E-state index in [1.54, 1.807) is 0 Å². The summed E-state index contributed by atoms with van der Waals surface area (Å²) in [4.78, 5) is 8.88. The van der Waals surface area contributed by atoms with E-state index in [2.05, 4.69) is 20.5 Å². The van der Waals surface area contributed by atoms with Crippen LogP contribution in [0, 0.1) is 6.92 Å². The number of nitrogens with one attached hydrogen (secondary N) is 1. The Morgan fingerprint density at radius 1 is 1.00 bits per heavy atom. The van der Waals surface area contributed by atoms with Crippen molar-refractivity contribution >= 4 is 17.2 Å². The summed E-state index contributed by atoms with van der Waals surface area (Å²) in [6.45, 7) is 3.80. The van der Waals surface area contributed by atoms with Gasteiger partial charge in [-0.2, -0.15) is 5.10 Å². The Hall–Kier alpha value is -3.21. The van der Waals surface area contributed by atoms with Gasteiger partial charge in [-0.15, -0.1) is 0 Å². The standard InChI is InChI=1S/C19H19N5/c1-13(15-8-10-17(20)11-9-15)23-24-19-12-18(21-14(2)22-19)16-6-4-3-5-7-16/h3-12H,20H2,1-2H3,(H,21,22,24). The molecule has 0 aliphatic rings. The number of aromatic nitrogens is 2. The monoisotopic (exact) mass is 317 g/mol. The van der Waals surface area contributed by atoms with Gasteiger partial charge in [-0.1, -0.05) is 42.5 Å². The lowest BCUT2D eigenvalue weighted by molar-refractivity contribution is 1.05. The highest BCUT2D eigenvalue weighted by molar-refractivity contribution is 5.99. The number of aryl methyl sites for hydroxylation is 1. The van der Waals surface area contributed by atoms with Crippen LogP contribution < -0.4 is 11.2 Å². The van der Waals surface area contributed by atoms with Crippen LogP contribution in [0.1, 0.15) is 18.3 Å². The topological polar surface area (TPSA) is 76.2 Å². The highest BCUT2D eigenvalue weighted by Crippen LogP contribution is 2.19. The Labute approximate surface area is 141 Å². The molecule has 1 aromatic heterocycles. The number of hydrogen-bond acceptors (Lipinski definition) is 5. The predicted molar refractivity (Wildman–Crippen MR) is 98.9 cm³/mol. The van der Waals surface area contributed by atoms with E-state index in [4.69, 9.17) is 5.73 Å². The van der Waals surface area contributed by atoms with E-state index in [1.807, 2.05) is 74.5 Å². The molecule has 0 saturated carbocycles. The second-order valence-electron chi connectivity index (χ2n) is 5.48. The quantitative estimate of drug-likeness (QED) is 0.435. The normalized spacial score (nSPS) is 11.3. The number of rotatable bonds is 4. The first-order chi connectivity index (χ1) is 11.6. The molecule has 24 heavy (non-hydrogen) atoms. The molecule has 0 aliphatic heterocycles. The third kappa shape index (κ3) is 3.76. The van der Waals surface area contributed by atoms with Gasteiger partial charge in [-0.05, 0) is 31.5 Å². The average Bonchev–Trinajstić information content (AvgIpc) is 2.60. The van der Waals surface area contributed by atoms with Crippen LogP contribution in [0.2, 0.25) is 0 Å². The summed E-state index contributed by atoms with van der Waals surface area (Å²) in [7, 11) is 0. The van der Waals surface area contributed by atoms with E-state index < -0.39 is 0 Å². The largest absolute Gasteiger partial charge is 0.399 e. The van der Waals surface area contributed by atoms with Crippen molar-refractivity contribution in [3.05, 3.63) is 72.1 Å². The molecule has 0 saturated heterocycles. The first kappa shape index (κ1) is 15.7. The molecule has 0 bridgehead atoms. The molecule has 0 aliphatic carbocycles. The summed E-state index contributed by atoms with van der Waals surface area (Å²) in [5.74, 6) is 1.36. The van der Waals surface area contributed by atoms with E-state index in [9.17, 15) is 0 Å². The van der Waals surface area contributed by atoms with Crippen molar-refractivity contribution in [1.82, 2.24) is 9.97 Å². The Morgan fingerprint density at radius 2 is 1.71 bits per heavy atom. The summed E-state index contributed by atoms with van der Waals surface area (Å²) < 4.78 is 0. The first-order valence-corrected chi connectivity index (χ1v) is 7.69. The van der Waals surface area contributed by atoms with E-state index >= 15 is 0 Å². The fourth-order valence-electron chi connectivity index (χ4n) is 2.31. The number of hydrogen-bond donors (Lipinski definition) is 2. The van der Waals surface area contributed by atoms with Crippen LogP contribution in [-0.2, 0) is 0 Å². The van der Waals surface area contributed by atoms with Gasteiger partial charge in [0.25, 0.3) is 0 Å². The molecule has 5 nitrogen and oxygen atoms in total. The van der Waals surface area contributed by atoms with E-state index in [1.165, 1.54) is 0 Å². The summed E-state index contributed by atoms with van der Waals surface area (Å²) in [5.41, 5.74) is 13.2. The Morgan fingerprint density at radius 3 is 2.42 bits per heavy atom. The van der Waals surface area contributed by atoms with Crippen LogP contribution in [0.15, 0.2) is 65.8 Å². The highest BCUT2D eigenvalue weighted by Gasteiger charge is 2.04. The molecule has 0 spiro atoms. The van der Waals surface area contributed by atoms with Crippen molar-refractivity contribution < 1.29 is 0 Å². The number of hydrazone groups is 1. The Kier molecular flexibility index (Phi) is 4.52. The van der Waals surface area contributed by atoms with Crippen LogP contribution in [0.25, 0.3) is 11.3 Å². The van der Waals surface area contributed by atoms with Crippen molar-refractivity contribution in [2.45, 2.75) is 13.8 Å². The van der Waals surface area contributed by atoms with Crippen LogP contribution in [0.4, 0.5) is 11.5 Å². The Balaban J connectivity index is 1.84. The predicted octanol–water partition coefficient (Wildman–Crippen LogP) is 3.87. The molecule has 1 heterocycles. The molecule has 3 N–H and O–H groups in total. The van der Waals surface area contributed by atoms with Gasteiger partial charge >= 0.3 is 0 Å². The van der Waals surface area contributed by atoms with E-state index in [-0.39, 0.29) is 0 Å². The molecule has 0 fully saturated rings. The molecule has 120 valence electrons. The highest BCUT2D eigenvalue weighted by atomic mass is 15.3. The zero-order valence-corrected chi connectivity index (χ0v) is 13.7. The molecule has 0 atom stereocenters. The number of nitrogen functional groups attached to an aromatic ring is 1. The summed E-state index contributed by atoms with van der Waals surface area (Å²) in [5, 5.41) is 4.41. The van der Waals surface area contributed by atoms with Crippen LogP contribution in [-0.4, -0.2) is 15.7 Å². The molecule has 3 rings (SSSR count). The lowest BCUT2D eigenvalue weighted by atomic mass is 10.1. The molecule has 2 aromatic carbocycles. The van der Waals surface area contributed by atoms with Gasteiger partial charge in [-0.3, -0.25) is 5.43 Å². The third-order valence-electron chi connectivity index (χ3n) is 3.57. The fourth-order valence-corrected chi connectivity index (χ4v) is 2.31. The Bertz CT molecular complexity index is 855. The zero-order valence-electron chi connectivity index (χ0n) is 13.7. The maximum atomic E-state index is 5.71. The molecular formula is C19H19N5.